The molecule has 0 saturated carbocycles. The fourth-order valence-electron chi connectivity index (χ4n) is 4.21. The van der Waals surface area contributed by atoms with Crippen molar-refractivity contribution in [3.8, 4) is 11.1 Å². The van der Waals surface area contributed by atoms with Gasteiger partial charge in [-0.15, -0.1) is 0 Å². The minimum absolute atomic E-state index is 0.341. The van der Waals surface area contributed by atoms with Crippen molar-refractivity contribution >= 4 is 0 Å². The van der Waals surface area contributed by atoms with E-state index in [1.807, 2.05) is 12.1 Å². The van der Waals surface area contributed by atoms with E-state index in [9.17, 15) is 0 Å². The van der Waals surface area contributed by atoms with Crippen molar-refractivity contribution in [1.29, 1.82) is 0 Å². The molecule has 2 radical (unpaired) electrons. The van der Waals surface area contributed by atoms with E-state index < -0.39 is 0 Å². The molecule has 4 aromatic carbocycles. The maximum Gasteiger partial charge on any atom is 0.0719 e. The van der Waals surface area contributed by atoms with Crippen LogP contribution in [-0.2, 0) is 5.41 Å². The molecule has 0 aromatic heterocycles. The number of benzene rings is 4. The van der Waals surface area contributed by atoms with Gasteiger partial charge < -0.3 is 0 Å². The first-order chi connectivity index (χ1) is 12.4. The lowest BCUT2D eigenvalue weighted by atomic mass is 9.68. The molecule has 0 fully saturated rings. The molecule has 0 amide bonds. The van der Waals surface area contributed by atoms with Gasteiger partial charge in [0.1, 0.15) is 0 Å². The molecule has 0 atom stereocenters. The Hall–Kier alpha value is -3.12. The van der Waals surface area contributed by atoms with Crippen molar-refractivity contribution < 1.29 is 0 Å². The Kier molecular flexibility index (Phi) is 3.11. The van der Waals surface area contributed by atoms with Gasteiger partial charge in [-0.3, -0.25) is 0 Å². The van der Waals surface area contributed by atoms with Crippen LogP contribution in [0.25, 0.3) is 11.1 Å². The van der Waals surface area contributed by atoms with Gasteiger partial charge in [0.05, 0.1) is 5.41 Å². The van der Waals surface area contributed by atoms with Gasteiger partial charge in [0.2, 0.25) is 0 Å². The van der Waals surface area contributed by atoms with E-state index in [2.05, 4.69) is 97.1 Å². The number of hydrogen-bond donors (Lipinski definition) is 0. The van der Waals surface area contributed by atoms with Gasteiger partial charge in [-0.25, -0.2) is 0 Å². The molecule has 0 N–H and O–H groups in total. The van der Waals surface area contributed by atoms with E-state index in [1.54, 1.807) is 0 Å². The highest BCUT2D eigenvalue weighted by molar-refractivity contribution is 5.85. The molecule has 0 unspecified atom stereocenters. The quantitative estimate of drug-likeness (QED) is 0.395. The molecular weight excluding hydrogens is 300 g/mol. The topological polar surface area (TPSA) is 0 Å². The van der Waals surface area contributed by atoms with Crippen LogP contribution in [0.4, 0.5) is 0 Å². The predicted octanol–water partition coefficient (Wildman–Crippen LogP) is 5.65. The minimum atomic E-state index is -0.341. The van der Waals surface area contributed by atoms with Gasteiger partial charge in [0.25, 0.3) is 0 Å². The molecule has 0 bridgehead atoms. The number of fused-ring (bicyclic) bond motifs is 3. The van der Waals surface area contributed by atoms with E-state index in [0.717, 1.165) is 5.56 Å². The van der Waals surface area contributed by atoms with Crippen molar-refractivity contribution in [3.05, 3.63) is 131 Å². The summed E-state index contributed by atoms with van der Waals surface area (Å²) >= 11 is 0. The van der Waals surface area contributed by atoms with Gasteiger partial charge in [0.15, 0.2) is 0 Å². The summed E-state index contributed by atoms with van der Waals surface area (Å²) in [5.74, 6) is 0. The lowest BCUT2D eigenvalue weighted by molar-refractivity contribution is 0.767. The van der Waals surface area contributed by atoms with E-state index in [4.69, 9.17) is 0 Å². The zero-order chi connectivity index (χ0) is 16.7. The Balaban J connectivity index is 1.98. The third kappa shape index (κ3) is 1.88. The third-order valence-corrected chi connectivity index (χ3v) is 5.18. The SMILES string of the molecule is [c]1cc[c]c2c1-c1ccccc1C2(c1ccccc1)c1ccccc1. The predicted molar refractivity (Wildman–Crippen MR) is 101 cm³/mol. The molecule has 0 heterocycles. The van der Waals surface area contributed by atoms with Crippen molar-refractivity contribution in [2.75, 3.05) is 0 Å². The van der Waals surface area contributed by atoms with Crippen molar-refractivity contribution in [2.45, 2.75) is 5.41 Å². The summed E-state index contributed by atoms with van der Waals surface area (Å²) in [6.07, 6.45) is 0. The van der Waals surface area contributed by atoms with Crippen LogP contribution < -0.4 is 0 Å². The second-order valence-corrected chi connectivity index (χ2v) is 6.40. The van der Waals surface area contributed by atoms with Crippen LogP contribution in [-0.4, -0.2) is 0 Å². The van der Waals surface area contributed by atoms with Gasteiger partial charge in [-0.2, -0.15) is 0 Å². The Morgan fingerprint density at radius 2 is 1.12 bits per heavy atom. The van der Waals surface area contributed by atoms with Crippen LogP contribution in [0.2, 0.25) is 0 Å². The van der Waals surface area contributed by atoms with Crippen LogP contribution in [0.3, 0.4) is 0 Å². The normalized spacial score (nSPS) is 13.9. The molecule has 0 spiro atoms. The molecule has 1 aliphatic rings. The number of rotatable bonds is 2. The van der Waals surface area contributed by atoms with E-state index in [0.29, 0.717) is 0 Å². The van der Waals surface area contributed by atoms with E-state index in [-0.39, 0.29) is 5.41 Å². The van der Waals surface area contributed by atoms with Gasteiger partial charge in [0, 0.05) is 0 Å². The lowest BCUT2D eigenvalue weighted by Gasteiger charge is -2.33. The summed E-state index contributed by atoms with van der Waals surface area (Å²) in [4.78, 5) is 0. The van der Waals surface area contributed by atoms with Gasteiger partial charge in [-0.1, -0.05) is 97.1 Å². The third-order valence-electron chi connectivity index (χ3n) is 5.18. The lowest BCUT2D eigenvalue weighted by Crippen LogP contribution is -2.28. The zero-order valence-electron chi connectivity index (χ0n) is 13.7. The van der Waals surface area contributed by atoms with E-state index in [1.165, 1.54) is 27.8 Å². The molecule has 1 aliphatic carbocycles. The largest absolute Gasteiger partial charge is 0.0719 e. The summed E-state index contributed by atoms with van der Waals surface area (Å²) < 4.78 is 0. The van der Waals surface area contributed by atoms with Crippen LogP contribution in [0.1, 0.15) is 22.3 Å². The summed E-state index contributed by atoms with van der Waals surface area (Å²) in [5, 5.41) is 0. The second kappa shape index (κ2) is 5.46. The highest BCUT2D eigenvalue weighted by Gasteiger charge is 2.45. The second-order valence-electron chi connectivity index (χ2n) is 6.40. The monoisotopic (exact) mass is 316 g/mol. The Bertz CT molecular complexity index is 943. The fraction of sp³-hybridized carbons (Fsp3) is 0.0400. The maximum atomic E-state index is 3.55. The van der Waals surface area contributed by atoms with Crippen molar-refractivity contribution in [3.63, 3.8) is 0 Å². The summed E-state index contributed by atoms with van der Waals surface area (Å²) in [6.45, 7) is 0. The van der Waals surface area contributed by atoms with Crippen LogP contribution in [0, 0.1) is 12.1 Å². The Morgan fingerprint density at radius 1 is 0.560 bits per heavy atom. The van der Waals surface area contributed by atoms with Crippen molar-refractivity contribution in [1.82, 2.24) is 0 Å². The van der Waals surface area contributed by atoms with Crippen LogP contribution in [0.15, 0.2) is 97.1 Å². The summed E-state index contributed by atoms with van der Waals surface area (Å²) in [5.41, 5.74) is 7.10. The molecule has 4 aromatic rings. The Labute approximate surface area is 148 Å². The van der Waals surface area contributed by atoms with Gasteiger partial charge in [-0.05, 0) is 45.5 Å². The number of hydrogen-bond acceptors (Lipinski definition) is 0. The molecule has 0 nitrogen and oxygen atoms in total. The molecule has 0 heteroatoms. The maximum absolute atomic E-state index is 3.55. The highest BCUT2D eigenvalue weighted by Crippen LogP contribution is 2.55. The van der Waals surface area contributed by atoms with E-state index >= 15 is 0 Å². The van der Waals surface area contributed by atoms with Crippen molar-refractivity contribution in [2.24, 2.45) is 0 Å². The fourth-order valence-corrected chi connectivity index (χ4v) is 4.21. The minimum Gasteiger partial charge on any atom is -0.0622 e. The summed E-state index contributed by atoms with van der Waals surface area (Å²) in [6, 6.07) is 41.2. The molecular formula is C25H16. The highest BCUT2D eigenvalue weighted by atomic mass is 14.5. The molecule has 116 valence electrons. The summed E-state index contributed by atoms with van der Waals surface area (Å²) in [7, 11) is 0. The standard InChI is InChI=1S/C25H16/c1-3-11-19(12-4-1)25(20-13-5-2-6-14-20)23-17-9-7-15-21(23)22-16-8-10-18-24(22)25/h1-15,17H. The zero-order valence-corrected chi connectivity index (χ0v) is 13.7. The first-order valence-corrected chi connectivity index (χ1v) is 8.56. The van der Waals surface area contributed by atoms with Gasteiger partial charge >= 0.3 is 0 Å². The first kappa shape index (κ1) is 14.2. The molecule has 0 saturated heterocycles. The first-order valence-electron chi connectivity index (χ1n) is 8.56. The van der Waals surface area contributed by atoms with Crippen LogP contribution in [0.5, 0.6) is 0 Å². The Morgan fingerprint density at radius 3 is 1.80 bits per heavy atom. The molecule has 5 rings (SSSR count). The molecule has 0 aliphatic heterocycles. The molecule has 25 heavy (non-hydrogen) atoms. The van der Waals surface area contributed by atoms with Crippen LogP contribution >= 0.6 is 0 Å². The average Bonchev–Trinajstić information content (AvgIpc) is 3.01. The smallest absolute Gasteiger partial charge is 0.0622 e. The average molecular weight is 316 g/mol.